The van der Waals surface area contributed by atoms with Crippen molar-refractivity contribution in [3.8, 4) is 0 Å². The maximum absolute atomic E-state index is 10.6. The number of rotatable bonds is 4. The van der Waals surface area contributed by atoms with E-state index in [-0.39, 0.29) is 0 Å². The van der Waals surface area contributed by atoms with E-state index in [1.807, 2.05) is 5.18 Å². The van der Waals surface area contributed by atoms with Gasteiger partial charge in [-0.25, -0.2) is 4.79 Å². The fraction of sp³-hybridized carbons (Fsp3) is 0.667. The standard InChI is InChI=1S/C3H6NO6P/c1-10-11(8,9)2(4-7)3(5)6/h2H,1H3,(H,5,6)(H,8,9). The molecule has 0 aromatic heterocycles. The third kappa shape index (κ3) is 2.38. The van der Waals surface area contributed by atoms with Crippen molar-refractivity contribution in [2.75, 3.05) is 7.11 Å². The molecular formula is C3H6NO6P. The Balaban J connectivity index is 4.64. The average molecular weight is 183 g/mol. The predicted molar refractivity (Wildman–Crippen MR) is 34.1 cm³/mol. The number of hydrogen-bond acceptors (Lipinski definition) is 5. The van der Waals surface area contributed by atoms with Gasteiger partial charge < -0.3 is 14.5 Å². The zero-order valence-corrected chi connectivity index (χ0v) is 6.39. The summed E-state index contributed by atoms with van der Waals surface area (Å²) in [6.07, 6.45) is 0. The van der Waals surface area contributed by atoms with Crippen LogP contribution in [0, 0.1) is 4.91 Å². The second kappa shape index (κ2) is 3.56. The molecule has 0 bridgehead atoms. The van der Waals surface area contributed by atoms with Gasteiger partial charge in [0.05, 0.1) is 0 Å². The lowest BCUT2D eigenvalue weighted by Crippen LogP contribution is -2.17. The number of aliphatic carboxylic acids is 1. The summed E-state index contributed by atoms with van der Waals surface area (Å²) in [5.41, 5.74) is 0. The second-order valence-electron chi connectivity index (χ2n) is 1.56. The molecule has 2 N–H and O–H groups in total. The van der Waals surface area contributed by atoms with Gasteiger partial charge in [-0.15, -0.1) is 4.91 Å². The number of carboxylic acids is 1. The zero-order valence-electron chi connectivity index (χ0n) is 5.50. The lowest BCUT2D eigenvalue weighted by molar-refractivity contribution is -0.136. The monoisotopic (exact) mass is 183 g/mol. The van der Waals surface area contributed by atoms with E-state index in [0.717, 1.165) is 7.11 Å². The molecule has 0 fully saturated rings. The van der Waals surface area contributed by atoms with Gasteiger partial charge in [-0.05, 0) is 5.18 Å². The van der Waals surface area contributed by atoms with Crippen molar-refractivity contribution in [2.24, 2.45) is 5.18 Å². The molecule has 2 unspecified atom stereocenters. The van der Waals surface area contributed by atoms with Gasteiger partial charge in [-0.3, -0.25) is 4.57 Å². The summed E-state index contributed by atoms with van der Waals surface area (Å²) in [5, 5.41) is 10.1. The van der Waals surface area contributed by atoms with E-state index in [1.54, 1.807) is 0 Å². The Morgan fingerprint density at radius 3 is 2.27 bits per heavy atom. The summed E-state index contributed by atoms with van der Waals surface area (Å²) >= 11 is 0. The molecule has 0 saturated carbocycles. The molecule has 0 saturated heterocycles. The molecule has 7 nitrogen and oxygen atoms in total. The van der Waals surface area contributed by atoms with Crippen LogP contribution in [0.5, 0.6) is 0 Å². The number of carboxylic acid groups (broad SMARTS) is 1. The van der Waals surface area contributed by atoms with Crippen molar-refractivity contribution in [1.29, 1.82) is 0 Å². The molecule has 0 spiro atoms. The van der Waals surface area contributed by atoms with Crippen LogP contribution in [0.25, 0.3) is 0 Å². The van der Waals surface area contributed by atoms with E-state index < -0.39 is 19.3 Å². The van der Waals surface area contributed by atoms with E-state index in [4.69, 9.17) is 10.00 Å². The first kappa shape index (κ1) is 10.2. The lowest BCUT2D eigenvalue weighted by Gasteiger charge is -2.09. The summed E-state index contributed by atoms with van der Waals surface area (Å²) in [7, 11) is -3.60. The summed E-state index contributed by atoms with van der Waals surface area (Å²) in [6.45, 7) is 0. The largest absolute Gasteiger partial charge is 0.479 e. The van der Waals surface area contributed by atoms with Gasteiger partial charge in [0.2, 0.25) is 0 Å². The molecule has 2 atom stereocenters. The number of hydrogen-bond donors (Lipinski definition) is 2. The van der Waals surface area contributed by atoms with Crippen LogP contribution >= 0.6 is 7.60 Å². The SMILES string of the molecule is COP(=O)(O)C(N=O)C(=O)O. The first-order chi connectivity index (χ1) is 4.95. The normalized spacial score (nSPS) is 18.4. The molecule has 0 rings (SSSR count). The smallest absolute Gasteiger partial charge is 0.367 e. The van der Waals surface area contributed by atoms with Crippen LogP contribution in [-0.4, -0.2) is 28.9 Å². The Kier molecular flexibility index (Phi) is 3.31. The second-order valence-corrected chi connectivity index (χ2v) is 3.55. The van der Waals surface area contributed by atoms with Crippen LogP contribution in [-0.2, 0) is 13.9 Å². The number of nitroso groups, excluding NO2 is 1. The van der Waals surface area contributed by atoms with E-state index in [9.17, 15) is 14.3 Å². The van der Waals surface area contributed by atoms with Crippen LogP contribution < -0.4 is 0 Å². The van der Waals surface area contributed by atoms with Gasteiger partial charge in [0, 0.05) is 7.11 Å². The minimum absolute atomic E-state index is 0.821. The van der Waals surface area contributed by atoms with Crippen molar-refractivity contribution in [3.05, 3.63) is 4.91 Å². The molecule has 11 heavy (non-hydrogen) atoms. The van der Waals surface area contributed by atoms with Crippen LogP contribution in [0.1, 0.15) is 0 Å². The Bertz CT molecular complexity index is 214. The summed E-state index contributed by atoms with van der Waals surface area (Å²) < 4.78 is 14.5. The number of nitrogens with zero attached hydrogens (tertiary/aromatic N) is 1. The van der Waals surface area contributed by atoms with Crippen molar-refractivity contribution >= 4 is 13.6 Å². The maximum atomic E-state index is 10.6. The summed E-state index contributed by atoms with van der Waals surface area (Å²) in [4.78, 5) is 28.4. The Morgan fingerprint density at radius 1 is 1.73 bits per heavy atom. The van der Waals surface area contributed by atoms with Gasteiger partial charge in [0.15, 0.2) is 0 Å². The molecular weight excluding hydrogens is 177 g/mol. The molecule has 0 heterocycles. The Morgan fingerprint density at radius 2 is 2.18 bits per heavy atom. The van der Waals surface area contributed by atoms with Gasteiger partial charge in [0.25, 0.3) is 5.78 Å². The average Bonchev–Trinajstić information content (AvgIpc) is 1.88. The minimum atomic E-state index is -4.42. The Hall–Kier alpha value is -0.780. The predicted octanol–water partition coefficient (Wildman–Crippen LogP) is -0.00470. The van der Waals surface area contributed by atoms with E-state index in [1.165, 1.54) is 0 Å². The first-order valence-corrected chi connectivity index (χ1v) is 4.04. The van der Waals surface area contributed by atoms with Crippen LogP contribution in [0.2, 0.25) is 0 Å². The molecule has 0 aliphatic heterocycles. The molecule has 0 aliphatic carbocycles. The molecule has 0 aliphatic rings. The highest BCUT2D eigenvalue weighted by Gasteiger charge is 2.39. The molecule has 0 radical (unpaired) electrons. The van der Waals surface area contributed by atoms with Gasteiger partial charge >= 0.3 is 13.6 Å². The van der Waals surface area contributed by atoms with E-state index in [2.05, 4.69) is 4.52 Å². The van der Waals surface area contributed by atoms with Gasteiger partial charge in [-0.1, -0.05) is 0 Å². The van der Waals surface area contributed by atoms with Crippen molar-refractivity contribution in [2.45, 2.75) is 5.78 Å². The van der Waals surface area contributed by atoms with Crippen molar-refractivity contribution in [1.82, 2.24) is 0 Å². The molecule has 0 aromatic rings. The van der Waals surface area contributed by atoms with E-state index in [0.29, 0.717) is 0 Å². The van der Waals surface area contributed by atoms with Gasteiger partial charge in [0.1, 0.15) is 0 Å². The fourth-order valence-corrected chi connectivity index (χ4v) is 0.942. The fourth-order valence-electron chi connectivity index (χ4n) is 0.344. The molecule has 64 valence electrons. The maximum Gasteiger partial charge on any atom is 0.367 e. The topological polar surface area (TPSA) is 113 Å². The lowest BCUT2D eigenvalue weighted by atomic mass is 10.7. The van der Waals surface area contributed by atoms with Crippen molar-refractivity contribution in [3.63, 3.8) is 0 Å². The first-order valence-electron chi connectivity index (χ1n) is 2.39. The summed E-state index contributed by atoms with van der Waals surface area (Å²) in [6, 6.07) is 0. The van der Waals surface area contributed by atoms with E-state index >= 15 is 0 Å². The highest BCUT2D eigenvalue weighted by atomic mass is 31.2. The zero-order chi connectivity index (χ0) is 9.07. The number of carbonyl (C=O) groups is 1. The highest BCUT2D eigenvalue weighted by molar-refractivity contribution is 7.54. The quantitative estimate of drug-likeness (QED) is 0.468. The van der Waals surface area contributed by atoms with Crippen LogP contribution in [0.3, 0.4) is 0 Å². The van der Waals surface area contributed by atoms with Crippen LogP contribution in [0.15, 0.2) is 5.18 Å². The van der Waals surface area contributed by atoms with Crippen LogP contribution in [0.4, 0.5) is 0 Å². The molecule has 0 aromatic carbocycles. The van der Waals surface area contributed by atoms with Gasteiger partial charge in [-0.2, -0.15) is 0 Å². The minimum Gasteiger partial charge on any atom is -0.479 e. The van der Waals surface area contributed by atoms with Crippen molar-refractivity contribution < 1.29 is 23.9 Å². The molecule has 8 heteroatoms. The molecule has 0 amide bonds. The highest BCUT2D eigenvalue weighted by Crippen LogP contribution is 2.47. The third-order valence-electron chi connectivity index (χ3n) is 0.891. The third-order valence-corrected chi connectivity index (χ3v) is 2.35. The Labute approximate surface area is 61.5 Å². The summed E-state index contributed by atoms with van der Waals surface area (Å²) in [5.74, 6) is -4.03.